The van der Waals surface area contributed by atoms with Crippen LogP contribution in [0.15, 0.2) is 200 Å². The molecule has 0 saturated carbocycles. The lowest BCUT2D eigenvalue weighted by Gasteiger charge is -2.50. The van der Waals surface area contributed by atoms with E-state index in [-0.39, 0.29) is 13.4 Å². The topological polar surface area (TPSA) is 13.1 Å². The van der Waals surface area contributed by atoms with E-state index in [1.54, 1.807) is 0 Å². The van der Waals surface area contributed by atoms with Gasteiger partial charge in [0.15, 0.2) is 8.07 Å². The zero-order valence-electron chi connectivity index (χ0n) is 36.0. The van der Waals surface area contributed by atoms with Gasteiger partial charge in [0.2, 0.25) is 0 Å². The van der Waals surface area contributed by atoms with Crippen molar-refractivity contribution in [1.29, 1.82) is 0 Å². The Kier molecular flexibility index (Phi) is 5.96. The molecule has 0 bridgehead atoms. The van der Waals surface area contributed by atoms with Gasteiger partial charge in [-0.15, -0.1) is 11.3 Å². The van der Waals surface area contributed by atoms with Gasteiger partial charge in [-0.05, 0) is 77.8 Å². The Hall–Kier alpha value is -7.83. The van der Waals surface area contributed by atoms with Crippen molar-refractivity contribution in [3.63, 3.8) is 0 Å². The number of thiophene rings is 1. The average Bonchev–Trinajstić information content (AvgIpc) is 4.06. The smallest absolute Gasteiger partial charge is 0.252 e. The molecule has 13 aromatic rings. The van der Waals surface area contributed by atoms with Crippen molar-refractivity contribution in [2.24, 2.45) is 0 Å². The number of para-hydroxylation sites is 5. The van der Waals surface area contributed by atoms with Crippen LogP contribution in [0.4, 0.5) is 17.1 Å². The monoisotopic (exact) mass is 877 g/mol. The van der Waals surface area contributed by atoms with Gasteiger partial charge in [0.1, 0.15) is 0 Å². The number of hydrogen-bond donors (Lipinski definition) is 0. The molecule has 0 saturated heterocycles. The summed E-state index contributed by atoms with van der Waals surface area (Å²) in [5.41, 5.74) is 20.5. The predicted octanol–water partition coefficient (Wildman–Crippen LogP) is 7.70. The summed E-state index contributed by atoms with van der Waals surface area (Å²) >= 11 is 1.97. The lowest BCUT2D eigenvalue weighted by atomic mass is 9.30. The second-order valence-electron chi connectivity index (χ2n) is 19.4. The Morgan fingerprint density at radius 1 is 0.388 bits per heavy atom. The lowest BCUT2D eigenvalue weighted by molar-refractivity contribution is 1.14. The van der Waals surface area contributed by atoms with E-state index < -0.39 is 8.07 Å². The van der Waals surface area contributed by atoms with Crippen molar-refractivity contribution < 1.29 is 0 Å². The van der Waals surface area contributed by atoms with E-state index in [2.05, 4.69) is 214 Å². The maximum atomic E-state index is 2.78. The van der Waals surface area contributed by atoms with Crippen LogP contribution in [0, 0.1) is 0 Å². The van der Waals surface area contributed by atoms with Gasteiger partial charge in [-0.2, -0.15) is 0 Å². The van der Waals surface area contributed by atoms with E-state index in [1.165, 1.54) is 146 Å². The summed E-state index contributed by atoms with van der Waals surface area (Å²) in [6.45, 7) is 0.0854. The van der Waals surface area contributed by atoms with Crippen LogP contribution in [0.2, 0.25) is 0 Å². The molecule has 3 aromatic heterocycles. The number of fused-ring (bicyclic) bond motifs is 16. The summed E-state index contributed by atoms with van der Waals surface area (Å²) in [7, 11) is -2.91. The molecule has 5 aliphatic rings. The molecule has 0 radical (unpaired) electrons. The van der Waals surface area contributed by atoms with Gasteiger partial charge in [-0.3, -0.25) is 0 Å². The van der Waals surface area contributed by atoms with Gasteiger partial charge in [-0.25, -0.2) is 0 Å². The fourth-order valence-corrected chi connectivity index (χ4v) is 20.9. The van der Waals surface area contributed by atoms with E-state index in [9.17, 15) is 0 Å². The summed E-state index contributed by atoms with van der Waals surface area (Å²) in [5.74, 6) is 0. The van der Waals surface area contributed by atoms with Crippen molar-refractivity contribution in [2.75, 3.05) is 4.90 Å². The number of rotatable bonds is 2. The molecule has 67 heavy (non-hydrogen) atoms. The highest BCUT2D eigenvalue weighted by atomic mass is 32.1. The zero-order chi connectivity index (χ0) is 43.0. The number of benzene rings is 10. The first-order chi connectivity index (χ1) is 33.3. The SMILES string of the molecule is c1ccc([Si]2(c3ccccc3)c3ccccc3N3c4cc5c6c7c4B(c4cccc2c43)c2cc3c4ccccc4sc3c3c4cccc(c4n-7c23)B6c2cccc3c4ccccc4n-5c23)cc1. The molecule has 0 aliphatic carbocycles. The molecule has 0 amide bonds. The van der Waals surface area contributed by atoms with Crippen molar-refractivity contribution in [3.8, 4) is 11.4 Å². The fourth-order valence-electron chi connectivity index (χ4n) is 14.5. The Morgan fingerprint density at radius 3 is 1.82 bits per heavy atom. The number of nitrogens with zero attached hydrogens (tertiary/aromatic N) is 3. The third-order valence-corrected chi connectivity index (χ3v) is 22.7. The van der Waals surface area contributed by atoms with Crippen LogP contribution in [0.25, 0.3) is 75.2 Å². The van der Waals surface area contributed by atoms with Gasteiger partial charge in [0.05, 0.1) is 11.0 Å². The summed E-state index contributed by atoms with van der Waals surface area (Å²) < 4.78 is 8.18. The molecule has 304 valence electrons. The second-order valence-corrected chi connectivity index (χ2v) is 24.2. The summed E-state index contributed by atoms with van der Waals surface area (Å²) in [5, 5.41) is 13.9. The van der Waals surface area contributed by atoms with Crippen LogP contribution in [0.5, 0.6) is 0 Å². The first-order valence-electron chi connectivity index (χ1n) is 23.6. The van der Waals surface area contributed by atoms with Gasteiger partial charge < -0.3 is 14.0 Å². The Morgan fingerprint density at radius 2 is 1.00 bits per heavy atom. The lowest BCUT2D eigenvalue weighted by Crippen LogP contribution is -2.79. The molecule has 10 aromatic carbocycles. The van der Waals surface area contributed by atoms with Crippen molar-refractivity contribution in [1.82, 2.24) is 9.13 Å². The van der Waals surface area contributed by atoms with E-state index >= 15 is 0 Å². The maximum absolute atomic E-state index is 2.91. The van der Waals surface area contributed by atoms with Crippen molar-refractivity contribution in [3.05, 3.63) is 200 Å². The van der Waals surface area contributed by atoms with Crippen LogP contribution in [-0.2, 0) is 0 Å². The first-order valence-corrected chi connectivity index (χ1v) is 26.4. The Labute approximate surface area is 390 Å². The third kappa shape index (κ3) is 3.68. The highest BCUT2D eigenvalue weighted by Crippen LogP contribution is 2.49. The standard InChI is InChI=1S/C60H33B2N3SSi/c1-3-16-34(17-4-1)67(35-18-5-2-6-19-35)50-30-12-10-28-46(50)64-48-33-47-53-59-54(48)62(43-26-15-31-51(67)57(43)64)44-32-40-37-21-8-11-29-49(37)66-60(40)52-39-23-14-25-42(56(39)65(59)58(44)52)61(53)41-24-13-22-38-36-20-7-9-27-45(36)63(47)55(38)41/h1-33H. The molecule has 7 heteroatoms. The van der Waals surface area contributed by atoms with Crippen LogP contribution < -0.4 is 58.4 Å². The molecule has 0 atom stereocenters. The summed E-state index contributed by atoms with van der Waals surface area (Å²) in [6, 6.07) is 77.7. The van der Waals surface area contributed by atoms with Crippen LogP contribution >= 0.6 is 11.3 Å². The van der Waals surface area contributed by atoms with Crippen molar-refractivity contribution in [2.45, 2.75) is 0 Å². The van der Waals surface area contributed by atoms with Crippen LogP contribution in [0.3, 0.4) is 0 Å². The van der Waals surface area contributed by atoms with Gasteiger partial charge in [0.25, 0.3) is 13.4 Å². The molecule has 5 aliphatic heterocycles. The highest BCUT2D eigenvalue weighted by molar-refractivity contribution is 7.27. The molecular weight excluding hydrogens is 844 g/mol. The maximum Gasteiger partial charge on any atom is 0.252 e. The van der Waals surface area contributed by atoms with Gasteiger partial charge >= 0.3 is 0 Å². The first kappa shape index (κ1) is 34.5. The van der Waals surface area contributed by atoms with E-state index in [4.69, 9.17) is 0 Å². The molecule has 0 unspecified atom stereocenters. The molecule has 0 spiro atoms. The van der Waals surface area contributed by atoms with Gasteiger partial charge in [-0.1, -0.05) is 176 Å². The molecule has 8 heterocycles. The normalized spacial score (nSPS) is 14.9. The third-order valence-electron chi connectivity index (χ3n) is 16.7. The second kappa shape index (κ2) is 11.6. The van der Waals surface area contributed by atoms with Crippen LogP contribution in [-0.4, -0.2) is 30.6 Å². The minimum atomic E-state index is -2.91. The van der Waals surface area contributed by atoms with Gasteiger partial charge in [0, 0.05) is 81.2 Å². The van der Waals surface area contributed by atoms with Crippen LogP contribution in [0.1, 0.15) is 0 Å². The van der Waals surface area contributed by atoms with Crippen molar-refractivity contribution >= 4 is 167 Å². The molecule has 0 fully saturated rings. The Balaban J connectivity index is 1.10. The van der Waals surface area contributed by atoms with E-state index in [0.717, 1.165) is 0 Å². The number of aromatic nitrogens is 2. The summed E-state index contributed by atoms with van der Waals surface area (Å²) in [4.78, 5) is 2.74. The Bertz CT molecular complexity index is 4450. The molecular formula is C60H33B2N3SSi. The molecule has 0 N–H and O–H groups in total. The zero-order valence-corrected chi connectivity index (χ0v) is 37.8. The minimum Gasteiger partial charge on any atom is -0.312 e. The van der Waals surface area contributed by atoms with E-state index in [0.29, 0.717) is 0 Å². The fraction of sp³-hybridized carbons (Fsp3) is 0. The summed E-state index contributed by atoms with van der Waals surface area (Å²) in [6.07, 6.45) is 0. The molecule has 18 rings (SSSR count). The number of hydrogen-bond acceptors (Lipinski definition) is 2. The number of anilines is 3. The molecule has 3 nitrogen and oxygen atoms in total. The predicted molar refractivity (Wildman–Crippen MR) is 289 cm³/mol. The average molecular weight is 878 g/mol. The highest BCUT2D eigenvalue weighted by Gasteiger charge is 2.55. The van der Waals surface area contributed by atoms with E-state index in [1.807, 2.05) is 11.3 Å². The largest absolute Gasteiger partial charge is 0.312 e. The quantitative estimate of drug-likeness (QED) is 0.163. The minimum absolute atomic E-state index is 0.00757.